The van der Waals surface area contributed by atoms with E-state index in [1.54, 1.807) is 30.3 Å². The van der Waals surface area contributed by atoms with Gasteiger partial charge in [0.1, 0.15) is 11.8 Å². The van der Waals surface area contributed by atoms with Crippen LogP contribution < -0.4 is 20.1 Å². The monoisotopic (exact) mass is 449 g/mol. The molecule has 0 unspecified atom stereocenters. The lowest BCUT2D eigenvalue weighted by molar-refractivity contribution is -0.148. The van der Waals surface area contributed by atoms with E-state index in [1.165, 1.54) is 39.2 Å². The summed E-state index contributed by atoms with van der Waals surface area (Å²) in [5.74, 6) is -1.56. The maximum Gasteiger partial charge on any atom is 0.324 e. The van der Waals surface area contributed by atoms with Gasteiger partial charge in [0.2, 0.25) is 15.9 Å². The predicted molar refractivity (Wildman–Crippen MR) is 113 cm³/mol. The Morgan fingerprint density at radius 2 is 1.71 bits per heavy atom. The number of nitrogens with one attached hydrogen (secondary N) is 3. The van der Waals surface area contributed by atoms with E-state index in [0.29, 0.717) is 11.4 Å². The molecule has 3 N–H and O–H groups in total. The highest BCUT2D eigenvalue weighted by molar-refractivity contribution is 7.89. The van der Waals surface area contributed by atoms with Gasteiger partial charge in [-0.2, -0.15) is 4.72 Å². The first-order chi connectivity index (χ1) is 14.6. The van der Waals surface area contributed by atoms with Gasteiger partial charge in [0.05, 0.1) is 17.7 Å². The fourth-order valence-electron chi connectivity index (χ4n) is 2.48. The molecule has 10 nitrogen and oxygen atoms in total. The smallest absolute Gasteiger partial charge is 0.324 e. The minimum atomic E-state index is -3.92. The molecule has 0 heterocycles. The summed E-state index contributed by atoms with van der Waals surface area (Å²) >= 11 is 0. The summed E-state index contributed by atoms with van der Waals surface area (Å²) in [6.07, 6.45) is 0. The molecule has 0 spiro atoms. The van der Waals surface area contributed by atoms with Crippen LogP contribution in [0.4, 0.5) is 11.4 Å². The van der Waals surface area contributed by atoms with Gasteiger partial charge in [0, 0.05) is 12.6 Å². The average Bonchev–Trinajstić information content (AvgIpc) is 2.72. The molecule has 2 aromatic carbocycles. The van der Waals surface area contributed by atoms with Gasteiger partial charge in [-0.1, -0.05) is 18.2 Å². The highest BCUT2D eigenvalue weighted by Crippen LogP contribution is 2.27. The third-order valence-corrected chi connectivity index (χ3v) is 5.44. The van der Waals surface area contributed by atoms with Crippen molar-refractivity contribution in [3.8, 4) is 5.75 Å². The van der Waals surface area contributed by atoms with Crippen LogP contribution in [0.1, 0.15) is 13.8 Å². The molecule has 0 saturated heterocycles. The molecule has 0 bridgehead atoms. The van der Waals surface area contributed by atoms with Crippen molar-refractivity contribution in [1.29, 1.82) is 0 Å². The number of rotatable bonds is 9. The Hall–Kier alpha value is -3.44. The SMILES string of the molecule is COc1ccc(NC(C)=O)cc1NC(=O)COC(=O)[C@H](C)NS(=O)(=O)c1ccccc1. The molecule has 2 rings (SSSR count). The molecule has 0 radical (unpaired) electrons. The van der Waals surface area contributed by atoms with Crippen molar-refractivity contribution in [2.24, 2.45) is 0 Å². The zero-order valence-corrected chi connectivity index (χ0v) is 18.0. The lowest BCUT2D eigenvalue weighted by Gasteiger charge is -2.15. The highest BCUT2D eigenvalue weighted by Gasteiger charge is 2.23. The Kier molecular flexibility index (Phi) is 8.11. The Labute approximate surface area is 180 Å². The Balaban J connectivity index is 1.95. The maximum absolute atomic E-state index is 12.3. The van der Waals surface area contributed by atoms with E-state index in [2.05, 4.69) is 15.4 Å². The van der Waals surface area contributed by atoms with Crippen LogP contribution in [0.2, 0.25) is 0 Å². The van der Waals surface area contributed by atoms with Crippen molar-refractivity contribution in [2.75, 3.05) is 24.4 Å². The highest BCUT2D eigenvalue weighted by atomic mass is 32.2. The van der Waals surface area contributed by atoms with Crippen LogP contribution >= 0.6 is 0 Å². The van der Waals surface area contributed by atoms with Crippen LogP contribution in [0.25, 0.3) is 0 Å². The van der Waals surface area contributed by atoms with Crippen molar-refractivity contribution in [3.05, 3.63) is 48.5 Å². The summed E-state index contributed by atoms with van der Waals surface area (Å²) in [5.41, 5.74) is 0.692. The number of hydrogen-bond donors (Lipinski definition) is 3. The number of benzene rings is 2. The number of carbonyl (C=O) groups is 3. The third-order valence-electron chi connectivity index (χ3n) is 3.88. The minimum Gasteiger partial charge on any atom is -0.495 e. The number of ether oxygens (including phenoxy) is 2. The normalized spacial score (nSPS) is 11.8. The van der Waals surface area contributed by atoms with E-state index < -0.39 is 34.5 Å². The number of sulfonamides is 1. The van der Waals surface area contributed by atoms with Gasteiger partial charge < -0.3 is 20.1 Å². The van der Waals surface area contributed by atoms with Crippen molar-refractivity contribution in [2.45, 2.75) is 24.8 Å². The molecule has 2 aromatic rings. The van der Waals surface area contributed by atoms with Gasteiger partial charge in [-0.15, -0.1) is 0 Å². The van der Waals surface area contributed by atoms with Crippen LogP contribution in [-0.4, -0.2) is 46.0 Å². The summed E-state index contributed by atoms with van der Waals surface area (Å²) in [6, 6.07) is 11.0. The van der Waals surface area contributed by atoms with Crippen LogP contribution in [-0.2, 0) is 29.1 Å². The third kappa shape index (κ3) is 7.08. The molecule has 0 aliphatic carbocycles. The van der Waals surface area contributed by atoms with Crippen molar-refractivity contribution >= 4 is 39.2 Å². The van der Waals surface area contributed by atoms with Crippen LogP contribution in [0.3, 0.4) is 0 Å². The molecule has 2 amide bonds. The first-order valence-electron chi connectivity index (χ1n) is 9.12. The minimum absolute atomic E-state index is 0.00135. The fraction of sp³-hybridized carbons (Fsp3) is 0.250. The maximum atomic E-state index is 12.3. The molecule has 31 heavy (non-hydrogen) atoms. The Bertz CT molecular complexity index is 1060. The zero-order valence-electron chi connectivity index (χ0n) is 17.2. The summed E-state index contributed by atoms with van der Waals surface area (Å²) < 4.78 is 36.8. The Morgan fingerprint density at radius 3 is 2.32 bits per heavy atom. The zero-order chi connectivity index (χ0) is 23.0. The van der Waals surface area contributed by atoms with Crippen molar-refractivity contribution < 1.29 is 32.3 Å². The van der Waals surface area contributed by atoms with Gasteiger partial charge in [-0.25, -0.2) is 8.42 Å². The van der Waals surface area contributed by atoms with E-state index in [0.717, 1.165) is 0 Å². The summed E-state index contributed by atoms with van der Waals surface area (Å²) in [7, 11) is -2.51. The number of esters is 1. The molecule has 0 saturated carbocycles. The molecule has 11 heteroatoms. The second-order valence-electron chi connectivity index (χ2n) is 6.41. The van der Waals surface area contributed by atoms with Gasteiger partial charge in [0.15, 0.2) is 6.61 Å². The predicted octanol–water partition coefficient (Wildman–Crippen LogP) is 1.50. The van der Waals surface area contributed by atoms with E-state index in [1.807, 2.05) is 0 Å². The van der Waals surface area contributed by atoms with E-state index >= 15 is 0 Å². The first kappa shape index (κ1) is 23.8. The van der Waals surface area contributed by atoms with Gasteiger partial charge in [0.25, 0.3) is 5.91 Å². The lowest BCUT2D eigenvalue weighted by Crippen LogP contribution is -2.40. The number of anilines is 2. The number of hydrogen-bond acceptors (Lipinski definition) is 7. The lowest BCUT2D eigenvalue weighted by atomic mass is 10.2. The second-order valence-corrected chi connectivity index (χ2v) is 8.12. The summed E-state index contributed by atoms with van der Waals surface area (Å²) in [4.78, 5) is 35.5. The van der Waals surface area contributed by atoms with E-state index in [9.17, 15) is 22.8 Å². The van der Waals surface area contributed by atoms with Crippen LogP contribution in [0, 0.1) is 0 Å². The molecule has 0 fully saturated rings. The number of amides is 2. The molecule has 0 aromatic heterocycles. The van der Waals surface area contributed by atoms with Crippen molar-refractivity contribution in [1.82, 2.24) is 4.72 Å². The summed E-state index contributed by atoms with van der Waals surface area (Å²) in [5, 5.41) is 5.09. The van der Waals surface area contributed by atoms with Crippen LogP contribution in [0.15, 0.2) is 53.4 Å². The molecule has 1 atom stereocenters. The Morgan fingerprint density at radius 1 is 1.03 bits per heavy atom. The van der Waals surface area contributed by atoms with Crippen LogP contribution in [0.5, 0.6) is 5.75 Å². The second kappa shape index (κ2) is 10.5. The molecule has 0 aliphatic rings. The fourth-order valence-corrected chi connectivity index (χ4v) is 3.70. The van der Waals surface area contributed by atoms with Gasteiger partial charge >= 0.3 is 5.97 Å². The largest absolute Gasteiger partial charge is 0.495 e. The first-order valence-corrected chi connectivity index (χ1v) is 10.6. The summed E-state index contributed by atoms with van der Waals surface area (Å²) in [6.45, 7) is 2.00. The van der Waals surface area contributed by atoms with Gasteiger partial charge in [-0.05, 0) is 37.3 Å². The molecule has 0 aliphatic heterocycles. The number of methoxy groups -OCH3 is 1. The standard InChI is InChI=1S/C20H23N3O7S/c1-13(23-31(27,28)16-7-5-4-6-8-16)20(26)30-12-19(25)22-17-11-15(21-14(2)24)9-10-18(17)29-3/h4-11,13,23H,12H2,1-3H3,(H,21,24)(H,22,25)/t13-/m0/s1. The molecular weight excluding hydrogens is 426 g/mol. The van der Waals surface area contributed by atoms with Gasteiger partial charge in [-0.3, -0.25) is 14.4 Å². The van der Waals surface area contributed by atoms with E-state index in [-0.39, 0.29) is 16.5 Å². The molecular formula is C20H23N3O7S. The van der Waals surface area contributed by atoms with E-state index in [4.69, 9.17) is 9.47 Å². The average molecular weight is 449 g/mol. The molecule has 166 valence electrons. The topological polar surface area (TPSA) is 140 Å². The van der Waals surface area contributed by atoms with Crippen molar-refractivity contribution in [3.63, 3.8) is 0 Å². The number of carbonyl (C=O) groups excluding carboxylic acids is 3. The quantitative estimate of drug-likeness (QED) is 0.493.